The van der Waals surface area contributed by atoms with E-state index in [0.717, 1.165) is 19.3 Å². The fourth-order valence-electron chi connectivity index (χ4n) is 2.80. The van der Waals surface area contributed by atoms with Crippen LogP contribution in [-0.2, 0) is 21.4 Å². The van der Waals surface area contributed by atoms with E-state index in [1.165, 1.54) is 17.1 Å². The molecule has 0 bridgehead atoms. The van der Waals surface area contributed by atoms with Crippen LogP contribution in [0, 0.1) is 0 Å². The second kappa shape index (κ2) is 6.15. The Morgan fingerprint density at radius 1 is 1.38 bits per heavy atom. The lowest BCUT2D eigenvalue weighted by Crippen LogP contribution is -2.47. The standard InChI is InChI=1S/C13H21N3O4S/c1-10-4-3-5-11(2)16(10)21(19,20)12-8-14-15(9-12)7-6-13(17)18/h8-11H,3-7H2,1-2H3,(H,17,18). The second-order valence-corrected chi connectivity index (χ2v) is 7.39. The van der Waals surface area contributed by atoms with E-state index in [2.05, 4.69) is 5.10 Å². The number of hydrogen-bond donors (Lipinski definition) is 1. The molecule has 0 spiro atoms. The summed E-state index contributed by atoms with van der Waals surface area (Å²) in [4.78, 5) is 10.7. The fourth-order valence-corrected chi connectivity index (χ4v) is 4.64. The molecule has 1 aromatic heterocycles. The largest absolute Gasteiger partial charge is 0.481 e. The molecule has 8 heteroatoms. The minimum atomic E-state index is -3.58. The van der Waals surface area contributed by atoms with Crippen molar-refractivity contribution >= 4 is 16.0 Å². The topological polar surface area (TPSA) is 92.5 Å². The molecule has 2 rings (SSSR count). The van der Waals surface area contributed by atoms with Gasteiger partial charge in [-0.05, 0) is 26.7 Å². The minimum Gasteiger partial charge on any atom is -0.481 e. The number of rotatable bonds is 5. The fraction of sp³-hybridized carbons (Fsp3) is 0.692. The highest BCUT2D eigenvalue weighted by molar-refractivity contribution is 7.89. The first-order chi connectivity index (χ1) is 9.82. The SMILES string of the molecule is CC1CCCC(C)N1S(=O)(=O)c1cnn(CCC(=O)O)c1. The van der Waals surface area contributed by atoms with Crippen LogP contribution in [0.1, 0.15) is 39.5 Å². The van der Waals surface area contributed by atoms with Gasteiger partial charge in [-0.15, -0.1) is 0 Å². The van der Waals surface area contributed by atoms with Crippen molar-refractivity contribution in [3.05, 3.63) is 12.4 Å². The van der Waals surface area contributed by atoms with Gasteiger partial charge in [-0.1, -0.05) is 6.42 Å². The van der Waals surface area contributed by atoms with Gasteiger partial charge in [0.05, 0.1) is 19.2 Å². The van der Waals surface area contributed by atoms with Crippen LogP contribution in [0.15, 0.2) is 17.3 Å². The summed E-state index contributed by atoms with van der Waals surface area (Å²) < 4.78 is 28.3. The van der Waals surface area contributed by atoms with Crippen LogP contribution in [0.2, 0.25) is 0 Å². The van der Waals surface area contributed by atoms with Crippen molar-refractivity contribution in [3.8, 4) is 0 Å². The number of carboxylic acid groups (broad SMARTS) is 1. The van der Waals surface area contributed by atoms with E-state index in [0.29, 0.717) is 0 Å². The summed E-state index contributed by atoms with van der Waals surface area (Å²) in [7, 11) is -3.58. The Morgan fingerprint density at radius 3 is 2.57 bits per heavy atom. The van der Waals surface area contributed by atoms with Crippen LogP contribution in [0.25, 0.3) is 0 Å². The molecule has 0 radical (unpaired) electrons. The van der Waals surface area contributed by atoms with Crippen LogP contribution in [-0.4, -0.2) is 45.7 Å². The van der Waals surface area contributed by atoms with E-state index in [9.17, 15) is 13.2 Å². The minimum absolute atomic E-state index is 0.0267. The predicted molar refractivity (Wildman–Crippen MR) is 76.3 cm³/mol. The number of aromatic nitrogens is 2. The number of carboxylic acids is 1. The smallest absolute Gasteiger partial charge is 0.305 e. The lowest BCUT2D eigenvalue weighted by molar-refractivity contribution is -0.137. The molecule has 118 valence electrons. The Bertz CT molecular complexity index is 601. The van der Waals surface area contributed by atoms with Crippen molar-refractivity contribution in [2.45, 2.75) is 63.1 Å². The lowest BCUT2D eigenvalue weighted by Gasteiger charge is -2.37. The van der Waals surface area contributed by atoms with Gasteiger partial charge in [0.15, 0.2) is 0 Å². The average Bonchev–Trinajstić information content (AvgIpc) is 2.85. The first-order valence-electron chi connectivity index (χ1n) is 7.10. The number of sulfonamides is 1. The zero-order chi connectivity index (χ0) is 15.6. The maximum atomic E-state index is 12.7. The molecule has 1 saturated heterocycles. The Balaban J connectivity index is 2.21. The van der Waals surface area contributed by atoms with Gasteiger partial charge in [-0.3, -0.25) is 9.48 Å². The van der Waals surface area contributed by atoms with Gasteiger partial charge in [-0.25, -0.2) is 8.42 Å². The molecule has 1 aromatic rings. The molecule has 21 heavy (non-hydrogen) atoms. The molecule has 0 aliphatic carbocycles. The van der Waals surface area contributed by atoms with E-state index in [4.69, 9.17) is 5.11 Å². The molecule has 2 atom stereocenters. The third kappa shape index (κ3) is 3.44. The highest BCUT2D eigenvalue weighted by Crippen LogP contribution is 2.29. The Labute approximate surface area is 124 Å². The molecule has 1 aliphatic rings. The summed E-state index contributed by atoms with van der Waals surface area (Å²) in [6, 6.07) is -0.0535. The molecule has 0 amide bonds. The zero-order valence-corrected chi connectivity index (χ0v) is 13.1. The number of hydrogen-bond acceptors (Lipinski definition) is 4. The predicted octanol–water partition coefficient (Wildman–Crippen LogP) is 1.31. The Kier molecular flexibility index (Phi) is 4.67. The van der Waals surface area contributed by atoms with E-state index < -0.39 is 16.0 Å². The van der Waals surface area contributed by atoms with Gasteiger partial charge in [0.2, 0.25) is 10.0 Å². The summed E-state index contributed by atoms with van der Waals surface area (Å²) in [5.74, 6) is -0.937. The van der Waals surface area contributed by atoms with Crippen LogP contribution in [0.3, 0.4) is 0 Å². The Morgan fingerprint density at radius 2 is 2.00 bits per heavy atom. The summed E-state index contributed by atoms with van der Waals surface area (Å²) in [5, 5.41) is 12.6. The number of nitrogens with zero attached hydrogens (tertiary/aromatic N) is 3. The number of carbonyl (C=O) groups is 1. The van der Waals surface area contributed by atoms with Gasteiger partial charge in [0.25, 0.3) is 0 Å². The maximum Gasteiger partial charge on any atom is 0.305 e. The molecule has 1 fully saturated rings. The molecule has 2 heterocycles. The quantitative estimate of drug-likeness (QED) is 0.884. The normalized spacial score (nSPS) is 24.1. The summed E-state index contributed by atoms with van der Waals surface area (Å²) in [6.45, 7) is 4.00. The number of aryl methyl sites for hydroxylation is 1. The molecule has 0 saturated carbocycles. The lowest BCUT2D eigenvalue weighted by atomic mass is 10.0. The van der Waals surface area contributed by atoms with Crippen LogP contribution in [0.4, 0.5) is 0 Å². The van der Waals surface area contributed by atoms with Gasteiger partial charge >= 0.3 is 5.97 Å². The first-order valence-corrected chi connectivity index (χ1v) is 8.54. The van der Waals surface area contributed by atoms with E-state index in [1.54, 1.807) is 4.31 Å². The van der Waals surface area contributed by atoms with Crippen molar-refractivity contribution in [3.63, 3.8) is 0 Å². The first kappa shape index (κ1) is 16.0. The highest BCUT2D eigenvalue weighted by Gasteiger charge is 2.36. The molecular weight excluding hydrogens is 294 g/mol. The molecule has 0 aromatic carbocycles. The van der Waals surface area contributed by atoms with Crippen molar-refractivity contribution in [1.82, 2.24) is 14.1 Å². The molecule has 1 aliphatic heterocycles. The van der Waals surface area contributed by atoms with E-state index >= 15 is 0 Å². The van der Waals surface area contributed by atoms with Gasteiger partial charge in [-0.2, -0.15) is 9.40 Å². The van der Waals surface area contributed by atoms with Crippen LogP contribution >= 0.6 is 0 Å². The molecule has 7 nitrogen and oxygen atoms in total. The van der Waals surface area contributed by atoms with Gasteiger partial charge in [0, 0.05) is 18.3 Å². The van der Waals surface area contributed by atoms with Gasteiger partial charge < -0.3 is 5.11 Å². The zero-order valence-electron chi connectivity index (χ0n) is 12.3. The summed E-state index contributed by atoms with van der Waals surface area (Å²) in [5.41, 5.74) is 0. The maximum absolute atomic E-state index is 12.7. The third-order valence-corrected chi connectivity index (χ3v) is 5.93. The summed E-state index contributed by atoms with van der Waals surface area (Å²) >= 11 is 0. The summed E-state index contributed by atoms with van der Waals surface area (Å²) in [6.07, 6.45) is 5.37. The van der Waals surface area contributed by atoms with Crippen molar-refractivity contribution in [2.24, 2.45) is 0 Å². The third-order valence-electron chi connectivity index (χ3n) is 3.85. The molecule has 2 unspecified atom stereocenters. The molecule has 1 N–H and O–H groups in total. The number of piperidine rings is 1. The van der Waals surface area contributed by atoms with Crippen molar-refractivity contribution in [1.29, 1.82) is 0 Å². The highest BCUT2D eigenvalue weighted by atomic mass is 32.2. The van der Waals surface area contributed by atoms with E-state index in [1.807, 2.05) is 13.8 Å². The van der Waals surface area contributed by atoms with Crippen molar-refractivity contribution in [2.75, 3.05) is 0 Å². The monoisotopic (exact) mass is 315 g/mol. The van der Waals surface area contributed by atoms with Crippen LogP contribution < -0.4 is 0 Å². The second-order valence-electron chi connectivity index (χ2n) is 5.55. The average molecular weight is 315 g/mol. The van der Waals surface area contributed by atoms with Crippen LogP contribution in [0.5, 0.6) is 0 Å². The number of aliphatic carboxylic acids is 1. The van der Waals surface area contributed by atoms with E-state index in [-0.39, 0.29) is 29.9 Å². The Hall–Kier alpha value is -1.41. The molecular formula is C13H21N3O4S. The van der Waals surface area contributed by atoms with Crippen molar-refractivity contribution < 1.29 is 18.3 Å². The van der Waals surface area contributed by atoms with Gasteiger partial charge in [0.1, 0.15) is 4.90 Å².